The Morgan fingerprint density at radius 1 is 1.33 bits per heavy atom. The number of aromatic hydroxyl groups is 1. The Balaban J connectivity index is 2.21. The van der Waals surface area contributed by atoms with E-state index >= 15 is 0 Å². The fourth-order valence-corrected chi connectivity index (χ4v) is 1.53. The fourth-order valence-electron chi connectivity index (χ4n) is 1.53. The van der Waals surface area contributed by atoms with Gasteiger partial charge in [-0.25, -0.2) is 0 Å². The highest BCUT2D eigenvalue weighted by molar-refractivity contribution is 5.75. The number of nitrogens with one attached hydrogen (secondary N) is 1. The van der Waals surface area contributed by atoms with E-state index in [1.54, 1.807) is 12.1 Å². The lowest BCUT2D eigenvalue weighted by Crippen LogP contribution is -2.34. The van der Waals surface area contributed by atoms with Crippen LogP contribution in [0, 0.1) is 0 Å². The fraction of sp³-hybridized carbons (Fsp3) is 0.500. The van der Waals surface area contributed by atoms with Gasteiger partial charge in [-0.3, -0.25) is 4.79 Å². The summed E-state index contributed by atoms with van der Waals surface area (Å²) in [6.07, 6.45) is 1.90. The summed E-state index contributed by atoms with van der Waals surface area (Å²) in [6.45, 7) is 4.43. The van der Waals surface area contributed by atoms with Gasteiger partial charge in [-0.15, -0.1) is 0 Å². The van der Waals surface area contributed by atoms with Gasteiger partial charge in [-0.05, 0) is 44.4 Å². The van der Waals surface area contributed by atoms with Crippen molar-refractivity contribution in [3.05, 3.63) is 29.8 Å². The van der Waals surface area contributed by atoms with Crippen LogP contribution in [-0.2, 0) is 11.2 Å². The lowest BCUT2D eigenvalue weighted by Gasteiger charge is -2.17. The smallest absolute Gasteiger partial charge is 0.220 e. The number of benzene rings is 1. The van der Waals surface area contributed by atoms with Crippen LogP contribution in [0.4, 0.5) is 0 Å². The maximum atomic E-state index is 11.5. The molecule has 0 atom stereocenters. The zero-order valence-electron chi connectivity index (χ0n) is 11.1. The molecular formula is C14H22N2O2. The summed E-state index contributed by atoms with van der Waals surface area (Å²) >= 11 is 0. The molecule has 0 saturated carbocycles. The van der Waals surface area contributed by atoms with Crippen LogP contribution in [0.3, 0.4) is 0 Å². The first kappa shape index (κ1) is 14.5. The van der Waals surface area contributed by atoms with Gasteiger partial charge in [0.15, 0.2) is 0 Å². The molecule has 1 rings (SSSR count). The van der Waals surface area contributed by atoms with Crippen molar-refractivity contribution in [2.75, 3.05) is 6.54 Å². The van der Waals surface area contributed by atoms with Crippen molar-refractivity contribution < 1.29 is 9.90 Å². The number of amides is 1. The van der Waals surface area contributed by atoms with E-state index in [2.05, 4.69) is 5.32 Å². The average molecular weight is 250 g/mol. The van der Waals surface area contributed by atoms with Crippen LogP contribution >= 0.6 is 0 Å². The molecular weight excluding hydrogens is 228 g/mol. The SMILES string of the molecule is CC(C)(N)CCC(=O)NCCc1ccc(O)cc1. The van der Waals surface area contributed by atoms with Crippen LogP contribution in [0.2, 0.25) is 0 Å². The third-order valence-corrected chi connectivity index (χ3v) is 2.67. The lowest BCUT2D eigenvalue weighted by atomic mass is 10.00. The standard InChI is InChI=1S/C14H22N2O2/c1-14(2,15)9-7-13(18)16-10-8-11-3-5-12(17)6-4-11/h3-6,17H,7-10,15H2,1-2H3,(H,16,18). The molecule has 0 aliphatic heterocycles. The minimum Gasteiger partial charge on any atom is -0.508 e. The van der Waals surface area contributed by atoms with Crippen molar-refractivity contribution in [1.29, 1.82) is 0 Å². The Hall–Kier alpha value is -1.55. The Kier molecular flexibility index (Phi) is 5.16. The number of phenolic OH excluding ortho intramolecular Hbond substituents is 1. The molecule has 0 bridgehead atoms. The van der Waals surface area contributed by atoms with Crippen molar-refractivity contribution in [3.63, 3.8) is 0 Å². The van der Waals surface area contributed by atoms with Gasteiger partial charge in [-0.1, -0.05) is 12.1 Å². The molecule has 1 aromatic carbocycles. The minimum absolute atomic E-state index is 0.0345. The van der Waals surface area contributed by atoms with E-state index in [0.29, 0.717) is 19.4 Å². The molecule has 18 heavy (non-hydrogen) atoms. The van der Waals surface area contributed by atoms with Crippen molar-refractivity contribution in [2.45, 2.75) is 38.6 Å². The second-order valence-electron chi connectivity index (χ2n) is 5.25. The van der Waals surface area contributed by atoms with Gasteiger partial charge in [0.2, 0.25) is 5.91 Å². The van der Waals surface area contributed by atoms with E-state index in [9.17, 15) is 4.79 Å². The Morgan fingerprint density at radius 3 is 2.50 bits per heavy atom. The van der Waals surface area contributed by atoms with Crippen molar-refractivity contribution >= 4 is 5.91 Å². The molecule has 4 nitrogen and oxygen atoms in total. The molecule has 0 aliphatic rings. The number of carbonyl (C=O) groups is 1. The van der Waals surface area contributed by atoms with E-state index in [4.69, 9.17) is 10.8 Å². The molecule has 0 unspecified atom stereocenters. The predicted molar refractivity (Wildman–Crippen MR) is 72.3 cm³/mol. The van der Waals surface area contributed by atoms with E-state index in [1.165, 1.54) is 0 Å². The predicted octanol–water partition coefficient (Wildman–Crippen LogP) is 1.57. The number of hydrogen-bond acceptors (Lipinski definition) is 3. The van der Waals surface area contributed by atoms with Gasteiger partial charge < -0.3 is 16.2 Å². The van der Waals surface area contributed by atoms with Crippen molar-refractivity contribution in [1.82, 2.24) is 5.32 Å². The highest BCUT2D eigenvalue weighted by Gasteiger charge is 2.12. The molecule has 0 spiro atoms. The van der Waals surface area contributed by atoms with E-state index in [-0.39, 0.29) is 17.2 Å². The molecule has 0 fully saturated rings. The van der Waals surface area contributed by atoms with E-state index in [1.807, 2.05) is 26.0 Å². The Morgan fingerprint density at radius 2 is 1.94 bits per heavy atom. The summed E-state index contributed by atoms with van der Waals surface area (Å²) in [4.78, 5) is 11.5. The number of rotatable bonds is 6. The lowest BCUT2D eigenvalue weighted by molar-refractivity contribution is -0.121. The highest BCUT2D eigenvalue weighted by Crippen LogP contribution is 2.10. The molecule has 0 radical (unpaired) electrons. The molecule has 4 heteroatoms. The van der Waals surface area contributed by atoms with E-state index in [0.717, 1.165) is 12.0 Å². The largest absolute Gasteiger partial charge is 0.508 e. The molecule has 1 amide bonds. The molecule has 0 aliphatic carbocycles. The summed E-state index contributed by atoms with van der Waals surface area (Å²) in [6, 6.07) is 7.00. The van der Waals surface area contributed by atoms with Gasteiger partial charge in [0, 0.05) is 18.5 Å². The van der Waals surface area contributed by atoms with Crippen LogP contribution in [0.1, 0.15) is 32.3 Å². The van der Waals surface area contributed by atoms with E-state index < -0.39 is 0 Å². The topological polar surface area (TPSA) is 75.4 Å². The van der Waals surface area contributed by atoms with Crippen LogP contribution in [0.15, 0.2) is 24.3 Å². The Labute approximate surface area is 108 Å². The monoisotopic (exact) mass is 250 g/mol. The minimum atomic E-state index is -0.297. The first-order valence-corrected chi connectivity index (χ1v) is 6.20. The normalized spacial score (nSPS) is 11.3. The van der Waals surface area contributed by atoms with Crippen molar-refractivity contribution in [3.8, 4) is 5.75 Å². The summed E-state index contributed by atoms with van der Waals surface area (Å²) in [5, 5.41) is 12.0. The van der Waals surface area contributed by atoms with Crippen LogP contribution < -0.4 is 11.1 Å². The molecule has 0 aromatic heterocycles. The van der Waals surface area contributed by atoms with Crippen LogP contribution in [0.5, 0.6) is 5.75 Å². The summed E-state index contributed by atoms with van der Waals surface area (Å²) in [7, 11) is 0. The maximum absolute atomic E-state index is 11.5. The second kappa shape index (κ2) is 6.40. The zero-order chi connectivity index (χ0) is 13.6. The number of nitrogens with two attached hydrogens (primary N) is 1. The van der Waals surface area contributed by atoms with Gasteiger partial charge >= 0.3 is 0 Å². The Bertz CT molecular complexity index is 380. The molecule has 100 valence electrons. The van der Waals surface area contributed by atoms with Gasteiger partial charge in [0.1, 0.15) is 5.75 Å². The molecule has 0 saturated heterocycles. The number of phenols is 1. The number of carbonyl (C=O) groups excluding carboxylic acids is 1. The summed E-state index contributed by atoms with van der Waals surface area (Å²) in [5.41, 5.74) is 6.61. The van der Waals surface area contributed by atoms with Crippen molar-refractivity contribution in [2.24, 2.45) is 5.73 Å². The first-order valence-electron chi connectivity index (χ1n) is 6.20. The maximum Gasteiger partial charge on any atom is 0.220 e. The molecule has 0 heterocycles. The first-order chi connectivity index (χ1) is 8.37. The van der Waals surface area contributed by atoms with Gasteiger partial charge in [0.25, 0.3) is 0 Å². The van der Waals surface area contributed by atoms with Crippen LogP contribution in [-0.4, -0.2) is 23.1 Å². The third kappa shape index (κ3) is 6.25. The quantitative estimate of drug-likeness (QED) is 0.717. The van der Waals surface area contributed by atoms with Gasteiger partial charge in [-0.2, -0.15) is 0 Å². The van der Waals surface area contributed by atoms with Gasteiger partial charge in [0.05, 0.1) is 0 Å². The summed E-state index contributed by atoms with van der Waals surface area (Å²) < 4.78 is 0. The zero-order valence-corrected chi connectivity index (χ0v) is 11.1. The second-order valence-corrected chi connectivity index (χ2v) is 5.25. The molecule has 4 N–H and O–H groups in total. The van der Waals surface area contributed by atoms with Crippen LogP contribution in [0.25, 0.3) is 0 Å². The third-order valence-electron chi connectivity index (χ3n) is 2.67. The highest BCUT2D eigenvalue weighted by atomic mass is 16.3. The average Bonchev–Trinajstić information content (AvgIpc) is 2.28. The molecule has 1 aromatic rings. The number of hydrogen-bond donors (Lipinski definition) is 3. The summed E-state index contributed by atoms with van der Waals surface area (Å²) in [5.74, 6) is 0.292.